The van der Waals surface area contributed by atoms with Crippen LogP contribution in [0.2, 0.25) is 22.2 Å². The molecule has 4 heterocycles. The first-order chi connectivity index (χ1) is 44.1. The summed E-state index contributed by atoms with van der Waals surface area (Å²) in [5.41, 5.74) is -0.212. The van der Waals surface area contributed by atoms with Crippen molar-refractivity contribution in [1.82, 2.24) is 0 Å². The Kier molecular flexibility index (Phi) is 28.0. The zero-order valence-corrected chi connectivity index (χ0v) is 56.7. The number of anilines is 1. The van der Waals surface area contributed by atoms with E-state index in [2.05, 4.69) is 5.32 Å². The van der Waals surface area contributed by atoms with Gasteiger partial charge < -0.3 is 98.2 Å². The maximum absolute atomic E-state index is 14.9. The van der Waals surface area contributed by atoms with Crippen LogP contribution in [-0.4, -0.2) is 215 Å². The first-order valence-electron chi connectivity index (χ1n) is 30.6. The Morgan fingerprint density at radius 3 is 1.59 bits per heavy atom. The normalized spacial score (nSPS) is 28.6. The van der Waals surface area contributed by atoms with Crippen LogP contribution < -0.4 is 5.32 Å². The number of esters is 4. The first kappa shape index (κ1) is 74.0. The first-order valence-corrected chi connectivity index (χ1v) is 34.5. The fourth-order valence-electron chi connectivity index (χ4n) is 11.6. The third-order valence-electron chi connectivity index (χ3n) is 15.9. The van der Waals surface area contributed by atoms with Gasteiger partial charge in [-0.2, -0.15) is 0 Å². The quantitative estimate of drug-likeness (QED) is 0.0212. The van der Waals surface area contributed by atoms with Gasteiger partial charge in [0.15, 0.2) is 30.9 Å². The van der Waals surface area contributed by atoms with E-state index in [9.17, 15) is 24.0 Å². The van der Waals surface area contributed by atoms with Crippen molar-refractivity contribution in [3.63, 3.8) is 0 Å². The molecule has 0 saturated carbocycles. The number of ether oxygens (including phenoxy) is 18. The van der Waals surface area contributed by atoms with Crippen LogP contribution in [-0.2, 0) is 108 Å². The second-order valence-electron chi connectivity index (χ2n) is 23.6. The molecule has 92 heavy (non-hydrogen) atoms. The zero-order valence-electron chi connectivity index (χ0n) is 54.7. The molecule has 1 amide bonds. The zero-order chi connectivity index (χ0) is 66.8. The lowest BCUT2D eigenvalue weighted by Crippen LogP contribution is -2.68. The van der Waals surface area contributed by atoms with Crippen molar-refractivity contribution in [1.29, 1.82) is 0 Å². The van der Waals surface area contributed by atoms with E-state index in [0.29, 0.717) is 5.69 Å². The van der Waals surface area contributed by atoms with E-state index in [1.807, 2.05) is 55.4 Å². The minimum Gasteiger partial charge on any atom is -0.463 e. The van der Waals surface area contributed by atoms with Crippen LogP contribution in [0.3, 0.4) is 0 Å². The summed E-state index contributed by atoms with van der Waals surface area (Å²) in [6.45, 7) is 15.1. The van der Waals surface area contributed by atoms with Crippen molar-refractivity contribution in [2.45, 2.75) is 177 Å². The molecule has 3 aromatic carbocycles. The van der Waals surface area contributed by atoms with Crippen LogP contribution in [0.5, 0.6) is 0 Å². The molecule has 4 saturated heterocycles. The van der Waals surface area contributed by atoms with Gasteiger partial charge in [0.2, 0.25) is 5.79 Å². The van der Waals surface area contributed by atoms with Crippen molar-refractivity contribution < 1.29 is 122 Å². The van der Waals surface area contributed by atoms with Gasteiger partial charge in [-0.15, -0.1) is 0 Å². The SMILES string of the molecule is COCOC[C@H]1O[C@@H](O[C@H]2[C@@H](O[C@]3(COC(C)=O)O[C@@H]4CO[Si](C(C)C)(C(C)C)O[Si](C(C)C)(C(C)C)O[C@H]4[C@@H]3OC(=O)c3ccccc3)O[C@H](COC(C)=O)[C@@H](OC(=O)c3ccccc3)[C@@H]2OCOC)[C@H](OC(=O)Nc2ccccc2)[C@@H](OCOC)[C@@H]1OCOC. The molecule has 4 aliphatic heterocycles. The predicted octanol–water partition coefficient (Wildman–Crippen LogP) is 7.67. The molecule has 4 fully saturated rings. The van der Waals surface area contributed by atoms with E-state index in [1.165, 1.54) is 40.6 Å². The summed E-state index contributed by atoms with van der Waals surface area (Å²) in [5.74, 6) is -5.83. The third-order valence-corrected chi connectivity index (χ3v) is 26.1. The number of amides is 1. The lowest BCUT2D eigenvalue weighted by molar-refractivity contribution is -0.413. The van der Waals surface area contributed by atoms with Gasteiger partial charge in [0.25, 0.3) is 0 Å². The summed E-state index contributed by atoms with van der Waals surface area (Å²) in [7, 11) is -1.44. The van der Waals surface area contributed by atoms with E-state index in [0.717, 1.165) is 13.8 Å². The molecule has 3 aromatic rings. The Labute approximate surface area is 539 Å². The van der Waals surface area contributed by atoms with Gasteiger partial charge in [-0.05, 0) is 58.6 Å². The number of hydrogen-bond acceptors (Lipinski definition) is 26. The smallest absolute Gasteiger partial charge is 0.412 e. The van der Waals surface area contributed by atoms with E-state index in [1.54, 1.807) is 78.9 Å². The highest BCUT2D eigenvalue weighted by Crippen LogP contribution is 2.51. The minimum atomic E-state index is -3.65. The molecule has 14 atom stereocenters. The number of rotatable bonds is 31. The molecule has 27 nitrogen and oxygen atoms in total. The standard InChI is InChI=1S/C63H91NO26Si2/c1-38(2)91(39(3)4)80-32-49-52(89-92(90-91,40(5)6)41(7)8)57(86-59(68)45-26-20-16-21-27-45)63(87-49,33-76-43(10)66)88-61-56(54(79-37-73-14)51(48(82-61)31-75-42(9)65)83-58(67)44-24-18-15-19-25-44)84-60-55(85-62(69)64-46-28-22-17-23-29-46)53(78-36-72-13)50(77-35-71-12)47(81-60)30-74-34-70-11/h15-29,38-41,47-57,60-61H,30-37H2,1-14H3,(H,64,69)/t47-,48-,49-,50-,51-,52-,53+,54+,55-,56-,57+,60+,61-,63+/m1/s1. The Balaban J connectivity index is 1.49. The molecule has 4 aliphatic rings. The molecule has 29 heteroatoms. The molecule has 1 N–H and O–H groups in total. The summed E-state index contributed by atoms with van der Waals surface area (Å²) < 4.78 is 136. The fourth-order valence-corrected chi connectivity index (χ4v) is 22.8. The highest BCUT2D eigenvalue weighted by molar-refractivity contribution is 6.84. The van der Waals surface area contributed by atoms with Crippen LogP contribution in [0.15, 0.2) is 91.0 Å². The van der Waals surface area contributed by atoms with Crippen molar-refractivity contribution >= 4 is 52.8 Å². The van der Waals surface area contributed by atoms with Gasteiger partial charge in [0, 0.05) is 48.0 Å². The van der Waals surface area contributed by atoms with E-state index >= 15 is 0 Å². The summed E-state index contributed by atoms with van der Waals surface area (Å²) in [6.07, 6.45) is -21.3. The highest BCUT2D eigenvalue weighted by atomic mass is 28.5. The molecule has 0 spiro atoms. The highest BCUT2D eigenvalue weighted by Gasteiger charge is 2.69. The van der Waals surface area contributed by atoms with Gasteiger partial charge in [-0.3, -0.25) is 14.9 Å². The van der Waals surface area contributed by atoms with Crippen LogP contribution in [0.25, 0.3) is 0 Å². The number of benzene rings is 3. The Hall–Kier alpha value is -5.40. The molecular weight excluding hydrogens is 1240 g/mol. The van der Waals surface area contributed by atoms with Crippen LogP contribution in [0, 0.1) is 0 Å². The van der Waals surface area contributed by atoms with Crippen LogP contribution in [0.1, 0.15) is 90.0 Å². The maximum atomic E-state index is 14.9. The molecule has 0 unspecified atom stereocenters. The van der Waals surface area contributed by atoms with E-state index in [-0.39, 0.29) is 60.1 Å². The molecule has 0 radical (unpaired) electrons. The Bertz CT molecular complexity index is 2760. The van der Waals surface area contributed by atoms with Crippen LogP contribution >= 0.6 is 0 Å². The topological polar surface area (TPSA) is 291 Å². The Morgan fingerprint density at radius 2 is 1.05 bits per heavy atom. The number of nitrogens with one attached hydrogen (secondary N) is 1. The monoisotopic (exact) mass is 1330 g/mol. The lowest BCUT2D eigenvalue weighted by Gasteiger charge is -2.51. The minimum absolute atomic E-state index is 0.0977. The van der Waals surface area contributed by atoms with Crippen molar-refractivity contribution in [2.75, 3.05) is 87.4 Å². The fraction of sp³-hybridized carbons (Fsp3) is 0.635. The van der Waals surface area contributed by atoms with Gasteiger partial charge >= 0.3 is 47.1 Å². The van der Waals surface area contributed by atoms with Gasteiger partial charge in [0.05, 0.1) is 24.3 Å². The average molecular weight is 1330 g/mol. The summed E-state index contributed by atoms with van der Waals surface area (Å²) in [4.78, 5) is 70.2. The van der Waals surface area contributed by atoms with Gasteiger partial charge in [0.1, 0.15) is 89.2 Å². The molecule has 0 aromatic heterocycles. The molecule has 0 bridgehead atoms. The van der Waals surface area contributed by atoms with Gasteiger partial charge in [-0.1, -0.05) is 110 Å². The largest absolute Gasteiger partial charge is 0.463 e. The Morgan fingerprint density at radius 1 is 0.554 bits per heavy atom. The lowest BCUT2D eigenvalue weighted by atomic mass is 9.96. The number of carbonyl (C=O) groups is 5. The second-order valence-corrected chi connectivity index (χ2v) is 32.4. The predicted molar refractivity (Wildman–Crippen MR) is 328 cm³/mol. The number of carbonyl (C=O) groups excluding carboxylic acids is 5. The summed E-state index contributed by atoms with van der Waals surface area (Å²) >= 11 is 0. The van der Waals surface area contributed by atoms with E-state index in [4.69, 9.17) is 98.2 Å². The number of fused-ring (bicyclic) bond motifs is 1. The molecule has 512 valence electrons. The summed E-state index contributed by atoms with van der Waals surface area (Å²) in [5, 5.41) is 2.72. The van der Waals surface area contributed by atoms with Gasteiger partial charge in [-0.25, -0.2) is 14.4 Å². The van der Waals surface area contributed by atoms with Crippen LogP contribution in [0.4, 0.5) is 10.5 Å². The third kappa shape index (κ3) is 18.3. The van der Waals surface area contributed by atoms with E-state index < -0.39 is 159 Å². The van der Waals surface area contributed by atoms with Crippen molar-refractivity contribution in [3.8, 4) is 0 Å². The maximum Gasteiger partial charge on any atom is 0.412 e. The molecule has 0 aliphatic carbocycles. The molecule has 7 rings (SSSR count). The summed E-state index contributed by atoms with van der Waals surface area (Å²) in [6, 6.07) is 24.6. The number of para-hydroxylation sites is 1. The number of methoxy groups -OCH3 is 4. The number of hydrogen-bond donors (Lipinski definition) is 1. The second kappa shape index (κ2) is 34.8. The molecular formula is C63H91NO26Si2. The van der Waals surface area contributed by atoms with Crippen molar-refractivity contribution in [2.24, 2.45) is 0 Å². The van der Waals surface area contributed by atoms with Crippen molar-refractivity contribution in [3.05, 3.63) is 102 Å². The average Bonchev–Trinajstić information content (AvgIpc) is 1.53.